The van der Waals surface area contributed by atoms with Crippen molar-refractivity contribution in [2.45, 2.75) is 42.6 Å². The molecule has 1 saturated carbocycles. The van der Waals surface area contributed by atoms with Gasteiger partial charge in [0.25, 0.3) is 0 Å². The van der Waals surface area contributed by atoms with Gasteiger partial charge in [-0.1, -0.05) is 31.1 Å². The van der Waals surface area contributed by atoms with E-state index in [1.807, 2.05) is 30.5 Å². The lowest BCUT2D eigenvalue weighted by Gasteiger charge is -2.30. The van der Waals surface area contributed by atoms with Crippen LogP contribution in [-0.2, 0) is 0 Å². The number of phenolic OH excluding ortho intramolecular Hbond substituents is 1. The Labute approximate surface area is 181 Å². The third-order valence-electron chi connectivity index (χ3n) is 5.57. The Kier molecular flexibility index (Phi) is 7.45. The number of aromatic hydroxyl groups is 1. The number of benzene rings is 2. The van der Waals surface area contributed by atoms with Crippen molar-refractivity contribution in [1.82, 2.24) is 0 Å². The van der Waals surface area contributed by atoms with Gasteiger partial charge in [-0.2, -0.15) is 0 Å². The summed E-state index contributed by atoms with van der Waals surface area (Å²) in [6.45, 7) is 0. The first-order chi connectivity index (χ1) is 14.5. The SMILES string of the molecule is COc1cc(OC)c([C@@H]2CCCC[C@H]2O)c(O)c1C(=O)/C=C/c1cccc(SC)c1. The third-order valence-corrected chi connectivity index (χ3v) is 6.30. The zero-order chi connectivity index (χ0) is 21.7. The number of carbonyl (C=O) groups excluding carboxylic acids is 1. The van der Waals surface area contributed by atoms with E-state index in [2.05, 4.69) is 0 Å². The van der Waals surface area contributed by atoms with Gasteiger partial charge in [-0.25, -0.2) is 0 Å². The molecule has 1 aliphatic rings. The number of hydrogen-bond donors (Lipinski definition) is 2. The minimum atomic E-state index is -0.584. The van der Waals surface area contributed by atoms with Crippen LogP contribution in [0.1, 0.15) is 53.1 Å². The molecule has 0 aromatic heterocycles. The van der Waals surface area contributed by atoms with Gasteiger partial charge in [0.05, 0.1) is 20.3 Å². The fraction of sp³-hybridized carbons (Fsp3) is 0.375. The van der Waals surface area contributed by atoms with Crippen LogP contribution in [0.5, 0.6) is 17.2 Å². The topological polar surface area (TPSA) is 76.0 Å². The molecule has 0 bridgehead atoms. The number of allylic oxidation sites excluding steroid dienone is 1. The Morgan fingerprint density at radius 3 is 2.53 bits per heavy atom. The average Bonchev–Trinajstić information content (AvgIpc) is 2.77. The van der Waals surface area contributed by atoms with E-state index in [-0.39, 0.29) is 28.8 Å². The van der Waals surface area contributed by atoms with Gasteiger partial charge in [-0.05, 0) is 42.9 Å². The number of ether oxygens (including phenoxy) is 2. The molecule has 2 aromatic carbocycles. The molecule has 0 spiro atoms. The molecule has 0 radical (unpaired) electrons. The van der Waals surface area contributed by atoms with E-state index >= 15 is 0 Å². The van der Waals surface area contributed by atoms with Crippen LogP contribution in [0.3, 0.4) is 0 Å². The summed E-state index contributed by atoms with van der Waals surface area (Å²) in [7, 11) is 2.96. The second-order valence-corrected chi connectivity index (χ2v) is 8.23. The van der Waals surface area contributed by atoms with Crippen molar-refractivity contribution < 1.29 is 24.5 Å². The first-order valence-electron chi connectivity index (χ1n) is 10.0. The number of aliphatic hydroxyl groups is 1. The number of rotatable bonds is 7. The Hall–Kier alpha value is -2.44. The van der Waals surface area contributed by atoms with Gasteiger partial charge < -0.3 is 19.7 Å². The summed E-state index contributed by atoms with van der Waals surface area (Å²) in [5.74, 6) is -0.166. The lowest BCUT2D eigenvalue weighted by atomic mass is 9.80. The molecule has 5 nitrogen and oxygen atoms in total. The van der Waals surface area contributed by atoms with Crippen LogP contribution in [0.15, 0.2) is 41.3 Å². The van der Waals surface area contributed by atoms with E-state index in [0.717, 1.165) is 29.7 Å². The van der Waals surface area contributed by atoms with Crippen LogP contribution < -0.4 is 9.47 Å². The molecular weight excluding hydrogens is 400 g/mol. The minimum absolute atomic E-state index is 0.0864. The summed E-state index contributed by atoms with van der Waals surface area (Å²) in [5, 5.41) is 21.6. The summed E-state index contributed by atoms with van der Waals surface area (Å²) in [4.78, 5) is 14.2. The molecule has 0 heterocycles. The van der Waals surface area contributed by atoms with Crippen molar-refractivity contribution in [3.8, 4) is 17.2 Å². The molecule has 1 fully saturated rings. The number of hydrogen-bond acceptors (Lipinski definition) is 6. The Morgan fingerprint density at radius 2 is 1.87 bits per heavy atom. The minimum Gasteiger partial charge on any atom is -0.507 e. The Bertz CT molecular complexity index is 937. The molecule has 160 valence electrons. The van der Waals surface area contributed by atoms with E-state index < -0.39 is 6.10 Å². The summed E-state index contributed by atoms with van der Waals surface area (Å²) >= 11 is 1.63. The summed E-state index contributed by atoms with van der Waals surface area (Å²) < 4.78 is 10.9. The number of thioether (sulfide) groups is 1. The van der Waals surface area contributed by atoms with Gasteiger partial charge in [-0.3, -0.25) is 4.79 Å². The van der Waals surface area contributed by atoms with Gasteiger partial charge in [0.1, 0.15) is 22.8 Å². The molecule has 3 rings (SSSR count). The number of methoxy groups -OCH3 is 2. The molecule has 0 saturated heterocycles. The second kappa shape index (κ2) is 10.0. The van der Waals surface area contributed by atoms with Crippen molar-refractivity contribution in [3.05, 3.63) is 53.1 Å². The summed E-state index contributed by atoms with van der Waals surface area (Å²) in [6, 6.07) is 9.46. The molecule has 30 heavy (non-hydrogen) atoms. The smallest absolute Gasteiger partial charge is 0.193 e. The standard InChI is InChI=1S/C24H28O5S/c1-28-20-14-21(29-2)23(24(27)22(20)17-9-4-5-10-18(17)25)19(26)12-11-15-7-6-8-16(13-15)30-3/h6-8,11-14,17-18,25,27H,4-5,9-10H2,1-3H3/b12-11+/t17-,18-/m1/s1. The van der Waals surface area contributed by atoms with Crippen LogP contribution in [0.2, 0.25) is 0 Å². The zero-order valence-corrected chi connectivity index (χ0v) is 18.4. The predicted molar refractivity (Wildman–Crippen MR) is 120 cm³/mol. The number of phenols is 1. The van der Waals surface area contributed by atoms with Crippen LogP contribution in [0, 0.1) is 0 Å². The highest BCUT2D eigenvalue weighted by molar-refractivity contribution is 7.98. The molecule has 0 unspecified atom stereocenters. The van der Waals surface area contributed by atoms with Crippen molar-refractivity contribution in [2.75, 3.05) is 20.5 Å². The monoisotopic (exact) mass is 428 g/mol. The largest absolute Gasteiger partial charge is 0.507 e. The normalized spacial score (nSPS) is 19.1. The van der Waals surface area contributed by atoms with Crippen LogP contribution in [0.25, 0.3) is 6.08 Å². The second-order valence-electron chi connectivity index (χ2n) is 7.35. The van der Waals surface area contributed by atoms with Crippen molar-refractivity contribution >= 4 is 23.6 Å². The Morgan fingerprint density at radius 1 is 1.13 bits per heavy atom. The quantitative estimate of drug-likeness (QED) is 0.365. The van der Waals surface area contributed by atoms with Crippen LogP contribution >= 0.6 is 11.8 Å². The maximum Gasteiger partial charge on any atom is 0.193 e. The molecule has 1 aliphatic carbocycles. The van der Waals surface area contributed by atoms with Gasteiger partial charge in [-0.15, -0.1) is 11.8 Å². The number of aliphatic hydroxyl groups excluding tert-OH is 1. The summed E-state index contributed by atoms with van der Waals surface area (Å²) in [6.07, 6.45) is 7.85. The molecule has 0 aliphatic heterocycles. The lowest BCUT2D eigenvalue weighted by Crippen LogP contribution is -2.23. The van der Waals surface area contributed by atoms with Gasteiger partial charge in [0, 0.05) is 22.4 Å². The van der Waals surface area contributed by atoms with Gasteiger partial charge >= 0.3 is 0 Å². The highest BCUT2D eigenvalue weighted by Gasteiger charge is 2.33. The maximum atomic E-state index is 13.1. The van der Waals surface area contributed by atoms with Crippen molar-refractivity contribution in [1.29, 1.82) is 0 Å². The summed E-state index contributed by atoms with van der Waals surface area (Å²) in [5.41, 5.74) is 1.46. The molecule has 2 atom stereocenters. The van der Waals surface area contributed by atoms with Gasteiger partial charge in [0.15, 0.2) is 5.78 Å². The van der Waals surface area contributed by atoms with E-state index in [4.69, 9.17) is 9.47 Å². The first-order valence-corrected chi connectivity index (χ1v) is 11.2. The predicted octanol–water partition coefficient (Wildman–Crippen LogP) is 5.05. The van der Waals surface area contributed by atoms with E-state index in [9.17, 15) is 15.0 Å². The molecular formula is C24H28O5S. The highest BCUT2D eigenvalue weighted by atomic mass is 32.2. The van der Waals surface area contributed by atoms with Crippen LogP contribution in [-0.4, -0.2) is 42.6 Å². The third kappa shape index (κ3) is 4.65. The highest BCUT2D eigenvalue weighted by Crippen LogP contribution is 2.47. The molecule has 0 amide bonds. The Balaban J connectivity index is 2.03. The van der Waals surface area contributed by atoms with Crippen molar-refractivity contribution in [2.24, 2.45) is 0 Å². The van der Waals surface area contributed by atoms with E-state index in [0.29, 0.717) is 17.7 Å². The maximum absolute atomic E-state index is 13.1. The van der Waals surface area contributed by atoms with E-state index in [1.54, 1.807) is 23.9 Å². The fourth-order valence-corrected chi connectivity index (χ4v) is 4.48. The molecule has 2 aromatic rings. The molecule has 2 N–H and O–H groups in total. The zero-order valence-electron chi connectivity index (χ0n) is 17.6. The first kappa shape index (κ1) is 22.2. The van der Waals surface area contributed by atoms with Crippen molar-refractivity contribution in [3.63, 3.8) is 0 Å². The number of carbonyl (C=O) groups is 1. The molecule has 6 heteroatoms. The van der Waals surface area contributed by atoms with Gasteiger partial charge in [0.2, 0.25) is 0 Å². The van der Waals surface area contributed by atoms with E-state index in [1.165, 1.54) is 20.3 Å². The number of ketones is 1. The fourth-order valence-electron chi connectivity index (χ4n) is 4.01. The lowest BCUT2D eigenvalue weighted by molar-refractivity contribution is 0.101. The van der Waals surface area contributed by atoms with Crippen LogP contribution in [0.4, 0.5) is 0 Å². The average molecular weight is 429 g/mol.